The second-order valence-electron chi connectivity index (χ2n) is 5.80. The molecule has 5 nitrogen and oxygen atoms in total. The Morgan fingerprint density at radius 2 is 2.18 bits per heavy atom. The van der Waals surface area contributed by atoms with Crippen LogP contribution >= 0.6 is 0 Å². The molecule has 1 aromatic carbocycles. The fourth-order valence-corrected chi connectivity index (χ4v) is 3.00. The third kappa shape index (κ3) is 2.89. The summed E-state index contributed by atoms with van der Waals surface area (Å²) in [6, 6.07) is 8.32. The van der Waals surface area contributed by atoms with E-state index < -0.39 is 0 Å². The van der Waals surface area contributed by atoms with Gasteiger partial charge in [-0.2, -0.15) is 4.98 Å². The van der Waals surface area contributed by atoms with Gasteiger partial charge >= 0.3 is 0 Å². The molecule has 1 aromatic heterocycles. The number of amides is 1. The second kappa shape index (κ2) is 6.30. The van der Waals surface area contributed by atoms with Crippen molar-refractivity contribution in [3.8, 4) is 0 Å². The number of carbonyl (C=O) groups excluding carboxylic acids is 1. The molecule has 0 bridgehead atoms. The molecule has 0 N–H and O–H groups in total. The monoisotopic (exact) mass is 299 g/mol. The van der Waals surface area contributed by atoms with E-state index in [0.717, 1.165) is 30.8 Å². The summed E-state index contributed by atoms with van der Waals surface area (Å²) in [5.41, 5.74) is 2.28. The minimum absolute atomic E-state index is 0.118. The third-order valence-corrected chi connectivity index (χ3v) is 4.01. The van der Waals surface area contributed by atoms with E-state index in [1.165, 1.54) is 5.56 Å². The first kappa shape index (κ1) is 14.8. The standard InChI is InChI=1S/C17H21N3O2/c1-3-6-15-18-16(22-19-15)9-10-17(21)20-12(2)11-13-7-4-5-8-14(13)20/h4-5,7-8,12H,3,6,9-11H2,1-2H3/t12-/m0/s1. The van der Waals surface area contributed by atoms with Gasteiger partial charge in [0.2, 0.25) is 11.8 Å². The van der Waals surface area contributed by atoms with Crippen LogP contribution in [0.3, 0.4) is 0 Å². The number of benzene rings is 1. The number of carbonyl (C=O) groups is 1. The van der Waals surface area contributed by atoms with Gasteiger partial charge in [0, 0.05) is 31.0 Å². The molecule has 116 valence electrons. The molecule has 0 saturated heterocycles. The van der Waals surface area contributed by atoms with Gasteiger partial charge in [-0.25, -0.2) is 0 Å². The van der Waals surface area contributed by atoms with Crippen LogP contribution in [-0.2, 0) is 24.1 Å². The zero-order chi connectivity index (χ0) is 15.5. The number of fused-ring (bicyclic) bond motifs is 1. The van der Waals surface area contributed by atoms with E-state index in [-0.39, 0.29) is 11.9 Å². The van der Waals surface area contributed by atoms with Gasteiger partial charge in [-0.05, 0) is 31.4 Å². The number of aryl methyl sites for hydroxylation is 2. The van der Waals surface area contributed by atoms with Crippen LogP contribution < -0.4 is 4.90 Å². The van der Waals surface area contributed by atoms with Gasteiger partial charge < -0.3 is 9.42 Å². The highest BCUT2D eigenvalue weighted by atomic mass is 16.5. The predicted octanol–water partition coefficient (Wildman–Crippen LogP) is 2.93. The minimum Gasteiger partial charge on any atom is -0.339 e. The molecule has 0 spiro atoms. The number of hydrogen-bond acceptors (Lipinski definition) is 4. The maximum absolute atomic E-state index is 12.6. The first-order valence-electron chi connectivity index (χ1n) is 7.90. The molecule has 1 aliphatic heterocycles. The molecule has 1 aliphatic rings. The fourth-order valence-electron chi connectivity index (χ4n) is 3.00. The van der Waals surface area contributed by atoms with E-state index in [9.17, 15) is 4.79 Å². The van der Waals surface area contributed by atoms with Crippen molar-refractivity contribution in [2.45, 2.75) is 52.0 Å². The highest BCUT2D eigenvalue weighted by Gasteiger charge is 2.30. The van der Waals surface area contributed by atoms with E-state index >= 15 is 0 Å². The number of anilines is 1. The summed E-state index contributed by atoms with van der Waals surface area (Å²) in [6.45, 7) is 4.16. The highest BCUT2D eigenvalue weighted by Crippen LogP contribution is 2.32. The number of para-hydroxylation sites is 1. The Labute approximate surface area is 130 Å². The zero-order valence-corrected chi connectivity index (χ0v) is 13.1. The Morgan fingerprint density at radius 1 is 1.36 bits per heavy atom. The third-order valence-electron chi connectivity index (χ3n) is 4.01. The Morgan fingerprint density at radius 3 is 3.00 bits per heavy atom. The number of nitrogens with zero attached hydrogens (tertiary/aromatic N) is 3. The van der Waals surface area contributed by atoms with E-state index in [4.69, 9.17) is 4.52 Å². The van der Waals surface area contributed by atoms with Crippen molar-refractivity contribution >= 4 is 11.6 Å². The molecule has 5 heteroatoms. The second-order valence-corrected chi connectivity index (χ2v) is 5.80. The molecule has 2 aromatic rings. The lowest BCUT2D eigenvalue weighted by Gasteiger charge is -2.22. The van der Waals surface area contributed by atoms with Crippen molar-refractivity contribution in [1.29, 1.82) is 0 Å². The quantitative estimate of drug-likeness (QED) is 0.851. The summed E-state index contributed by atoms with van der Waals surface area (Å²) in [4.78, 5) is 18.8. The molecule has 3 rings (SSSR count). The van der Waals surface area contributed by atoms with Gasteiger partial charge in [0.1, 0.15) is 0 Å². The molecule has 0 fully saturated rings. The molecular weight excluding hydrogens is 278 g/mol. The van der Waals surface area contributed by atoms with Crippen molar-refractivity contribution in [1.82, 2.24) is 10.1 Å². The maximum Gasteiger partial charge on any atom is 0.227 e. The van der Waals surface area contributed by atoms with Crippen molar-refractivity contribution < 1.29 is 9.32 Å². The van der Waals surface area contributed by atoms with Gasteiger partial charge in [0.05, 0.1) is 0 Å². The van der Waals surface area contributed by atoms with Crippen molar-refractivity contribution in [3.05, 3.63) is 41.5 Å². The SMILES string of the molecule is CCCc1noc(CCC(=O)N2c3ccccc3C[C@@H]2C)n1. The Balaban J connectivity index is 1.64. The molecule has 0 saturated carbocycles. The lowest BCUT2D eigenvalue weighted by molar-refractivity contribution is -0.118. The van der Waals surface area contributed by atoms with Crippen LogP contribution in [0.4, 0.5) is 5.69 Å². The van der Waals surface area contributed by atoms with E-state index in [1.807, 2.05) is 23.1 Å². The molecule has 22 heavy (non-hydrogen) atoms. The normalized spacial score (nSPS) is 16.8. The van der Waals surface area contributed by atoms with Crippen molar-refractivity contribution in [3.63, 3.8) is 0 Å². The summed E-state index contributed by atoms with van der Waals surface area (Å²) in [5, 5.41) is 3.92. The number of rotatable bonds is 5. The van der Waals surface area contributed by atoms with E-state index in [1.54, 1.807) is 0 Å². The molecule has 0 aliphatic carbocycles. The lowest BCUT2D eigenvalue weighted by atomic mass is 10.1. The molecule has 1 amide bonds. The van der Waals surface area contributed by atoms with Crippen molar-refractivity contribution in [2.75, 3.05) is 4.90 Å². The molecule has 0 radical (unpaired) electrons. The van der Waals surface area contributed by atoms with Crippen LogP contribution in [0.15, 0.2) is 28.8 Å². The highest BCUT2D eigenvalue weighted by molar-refractivity contribution is 5.96. The van der Waals surface area contributed by atoms with E-state index in [0.29, 0.717) is 18.7 Å². The van der Waals surface area contributed by atoms with Gasteiger partial charge in [0.15, 0.2) is 5.82 Å². The largest absolute Gasteiger partial charge is 0.339 e. The van der Waals surface area contributed by atoms with Crippen LogP contribution in [0.25, 0.3) is 0 Å². The predicted molar refractivity (Wildman–Crippen MR) is 83.7 cm³/mol. The number of aromatic nitrogens is 2. The number of hydrogen-bond donors (Lipinski definition) is 0. The van der Waals surface area contributed by atoms with Crippen LogP contribution in [0, 0.1) is 0 Å². The molecule has 2 heterocycles. The summed E-state index contributed by atoms with van der Waals surface area (Å²) in [7, 11) is 0. The summed E-state index contributed by atoms with van der Waals surface area (Å²) in [6.07, 6.45) is 3.62. The first-order chi connectivity index (χ1) is 10.7. The van der Waals surface area contributed by atoms with Gasteiger partial charge in [0.25, 0.3) is 0 Å². The average Bonchev–Trinajstić information content (AvgIpc) is 3.08. The topological polar surface area (TPSA) is 59.2 Å². The zero-order valence-electron chi connectivity index (χ0n) is 13.1. The Hall–Kier alpha value is -2.17. The average molecular weight is 299 g/mol. The summed E-state index contributed by atoms with van der Waals surface area (Å²) in [5.74, 6) is 1.40. The van der Waals surface area contributed by atoms with Gasteiger partial charge in [-0.15, -0.1) is 0 Å². The Bertz CT molecular complexity index is 665. The van der Waals surface area contributed by atoms with Gasteiger partial charge in [-0.1, -0.05) is 30.3 Å². The van der Waals surface area contributed by atoms with Crippen LogP contribution in [-0.4, -0.2) is 22.1 Å². The minimum atomic E-state index is 0.118. The first-order valence-corrected chi connectivity index (χ1v) is 7.90. The van der Waals surface area contributed by atoms with Crippen LogP contribution in [0.1, 0.15) is 44.0 Å². The van der Waals surface area contributed by atoms with Crippen LogP contribution in [0.2, 0.25) is 0 Å². The Kier molecular flexibility index (Phi) is 4.22. The molecule has 0 unspecified atom stereocenters. The van der Waals surface area contributed by atoms with Gasteiger partial charge in [-0.3, -0.25) is 4.79 Å². The van der Waals surface area contributed by atoms with E-state index in [2.05, 4.69) is 30.1 Å². The molecule has 1 atom stereocenters. The fraction of sp³-hybridized carbons (Fsp3) is 0.471. The molecular formula is C17H21N3O2. The maximum atomic E-state index is 12.6. The smallest absolute Gasteiger partial charge is 0.227 e. The lowest BCUT2D eigenvalue weighted by Crippen LogP contribution is -2.35. The summed E-state index contributed by atoms with van der Waals surface area (Å²) < 4.78 is 5.19. The summed E-state index contributed by atoms with van der Waals surface area (Å²) >= 11 is 0. The van der Waals surface area contributed by atoms with Crippen molar-refractivity contribution in [2.24, 2.45) is 0 Å². The van der Waals surface area contributed by atoms with Crippen LogP contribution in [0.5, 0.6) is 0 Å².